The molecule has 0 N–H and O–H groups in total. The first-order chi connectivity index (χ1) is 12.2. The van der Waals surface area contributed by atoms with E-state index in [0.29, 0.717) is 6.54 Å². The largest absolute Gasteiger partial charge is 0.444 e. The summed E-state index contributed by atoms with van der Waals surface area (Å²) in [5.74, 6) is -0.555. The molecular formula is C19H26N2O5. The molecule has 1 aromatic rings. The summed E-state index contributed by atoms with van der Waals surface area (Å²) in [6, 6.07) is 8.35. The molecule has 0 aromatic heterocycles. The first-order valence-electron chi connectivity index (χ1n) is 8.84. The molecule has 1 amide bonds. The fourth-order valence-corrected chi connectivity index (χ4v) is 3.07. The van der Waals surface area contributed by atoms with Crippen molar-refractivity contribution in [2.24, 2.45) is 5.92 Å². The highest BCUT2D eigenvalue weighted by Gasteiger charge is 2.36. The van der Waals surface area contributed by atoms with Crippen molar-refractivity contribution >= 4 is 11.9 Å². The fraction of sp³-hybridized carbons (Fsp3) is 0.579. The normalized spacial score (nSPS) is 19.1. The minimum atomic E-state index is -0.857. The Morgan fingerprint density at radius 2 is 2.00 bits per heavy atom. The summed E-state index contributed by atoms with van der Waals surface area (Å²) in [7, 11) is 0. The number of ketones is 1. The summed E-state index contributed by atoms with van der Waals surface area (Å²) >= 11 is 0. The highest BCUT2D eigenvalue weighted by atomic mass is 16.6. The van der Waals surface area contributed by atoms with Gasteiger partial charge >= 0.3 is 6.09 Å². The zero-order chi connectivity index (χ0) is 19.3. The van der Waals surface area contributed by atoms with Crippen molar-refractivity contribution in [2.75, 3.05) is 13.1 Å². The predicted octanol–water partition coefficient (Wildman–Crippen LogP) is 3.09. The molecule has 142 valence electrons. The minimum absolute atomic E-state index is 0.0234. The molecule has 2 rings (SSSR count). The van der Waals surface area contributed by atoms with Crippen LogP contribution in [0, 0.1) is 16.0 Å². The Morgan fingerprint density at radius 1 is 1.35 bits per heavy atom. The molecule has 1 aliphatic rings. The molecule has 2 atom stereocenters. The van der Waals surface area contributed by atoms with Crippen molar-refractivity contribution in [3.8, 4) is 0 Å². The van der Waals surface area contributed by atoms with E-state index in [9.17, 15) is 19.7 Å². The maximum atomic E-state index is 12.3. The van der Waals surface area contributed by atoms with E-state index in [-0.39, 0.29) is 36.5 Å². The molecule has 0 bridgehead atoms. The lowest BCUT2D eigenvalue weighted by molar-refractivity contribution is -0.524. The number of benzene rings is 1. The van der Waals surface area contributed by atoms with E-state index >= 15 is 0 Å². The summed E-state index contributed by atoms with van der Waals surface area (Å²) in [5, 5.41) is 11.5. The van der Waals surface area contributed by atoms with E-state index in [0.717, 1.165) is 5.56 Å². The third-order valence-electron chi connectivity index (χ3n) is 4.34. The monoisotopic (exact) mass is 362 g/mol. The fourth-order valence-electron chi connectivity index (χ4n) is 3.07. The van der Waals surface area contributed by atoms with Crippen LogP contribution in [-0.2, 0) is 16.0 Å². The van der Waals surface area contributed by atoms with Gasteiger partial charge < -0.3 is 9.64 Å². The first-order valence-corrected chi connectivity index (χ1v) is 8.84. The van der Waals surface area contributed by atoms with Gasteiger partial charge in [-0.05, 0) is 26.3 Å². The van der Waals surface area contributed by atoms with E-state index in [2.05, 4.69) is 0 Å². The Balaban J connectivity index is 2.03. The molecule has 7 nitrogen and oxygen atoms in total. The number of ether oxygens (including phenoxy) is 1. The van der Waals surface area contributed by atoms with Gasteiger partial charge in [-0.3, -0.25) is 14.9 Å². The highest BCUT2D eigenvalue weighted by Crippen LogP contribution is 2.23. The third-order valence-corrected chi connectivity index (χ3v) is 4.34. The first kappa shape index (κ1) is 19.9. The number of likely N-dealkylation sites (tertiary alicyclic amines) is 1. The molecule has 1 heterocycles. The molecule has 0 spiro atoms. The Bertz CT molecular complexity index is 654. The SMILES string of the molecule is CC(C)(C)OC(=O)N1CCC(=O)[C@@H](C[C@H](Cc2ccccc2)[N+](=O)[O-])C1. The topological polar surface area (TPSA) is 89.8 Å². The van der Waals surface area contributed by atoms with Crippen LogP contribution in [0.3, 0.4) is 0 Å². The van der Waals surface area contributed by atoms with Crippen LogP contribution in [0.4, 0.5) is 4.79 Å². The Kier molecular flexibility index (Phi) is 6.34. The summed E-state index contributed by atoms with van der Waals surface area (Å²) in [6.07, 6.45) is 0.125. The number of piperidine rings is 1. The van der Waals surface area contributed by atoms with Gasteiger partial charge in [-0.2, -0.15) is 0 Å². The summed E-state index contributed by atoms with van der Waals surface area (Å²) in [5.41, 5.74) is 0.242. The summed E-state index contributed by atoms with van der Waals surface area (Å²) in [4.78, 5) is 37.1. The van der Waals surface area contributed by atoms with E-state index in [4.69, 9.17) is 4.74 Å². The van der Waals surface area contributed by atoms with E-state index < -0.39 is 23.7 Å². The standard InChI is InChI=1S/C19H26N2O5/c1-19(2,3)26-18(23)20-10-9-17(22)15(13-20)12-16(21(24)25)11-14-7-5-4-6-8-14/h4-8,15-16H,9-13H2,1-3H3/t15-,16-/m0/s1. The lowest BCUT2D eigenvalue weighted by Crippen LogP contribution is -2.47. The van der Waals surface area contributed by atoms with Crippen molar-refractivity contribution < 1.29 is 19.2 Å². The van der Waals surface area contributed by atoms with Crippen LogP contribution in [0.15, 0.2) is 30.3 Å². The lowest BCUT2D eigenvalue weighted by Gasteiger charge is -2.33. The van der Waals surface area contributed by atoms with Crippen molar-refractivity contribution in [3.63, 3.8) is 0 Å². The van der Waals surface area contributed by atoms with Gasteiger partial charge in [0, 0.05) is 43.2 Å². The molecule has 0 saturated carbocycles. The van der Waals surface area contributed by atoms with Gasteiger partial charge in [0.25, 0.3) is 0 Å². The average molecular weight is 362 g/mol. The highest BCUT2D eigenvalue weighted by molar-refractivity contribution is 5.84. The van der Waals surface area contributed by atoms with Gasteiger partial charge in [0.05, 0.1) is 0 Å². The molecule has 1 aromatic carbocycles. The van der Waals surface area contributed by atoms with Crippen LogP contribution in [0.1, 0.15) is 39.2 Å². The van der Waals surface area contributed by atoms with E-state index in [1.165, 1.54) is 4.90 Å². The molecule has 1 saturated heterocycles. The van der Waals surface area contributed by atoms with Crippen LogP contribution >= 0.6 is 0 Å². The second-order valence-electron chi connectivity index (χ2n) is 7.70. The number of Topliss-reactive ketones (excluding diaryl/α,β-unsaturated/α-hetero) is 1. The Hall–Kier alpha value is -2.44. The van der Waals surface area contributed by atoms with Crippen LogP contribution in [0.25, 0.3) is 0 Å². The zero-order valence-corrected chi connectivity index (χ0v) is 15.5. The van der Waals surface area contributed by atoms with Gasteiger partial charge in [-0.25, -0.2) is 4.79 Å². The molecule has 1 aliphatic heterocycles. The third kappa shape index (κ3) is 5.82. The smallest absolute Gasteiger partial charge is 0.410 e. The second kappa shape index (κ2) is 8.29. The van der Waals surface area contributed by atoms with Gasteiger partial charge in [-0.1, -0.05) is 30.3 Å². The zero-order valence-electron chi connectivity index (χ0n) is 15.5. The number of rotatable bonds is 5. The molecule has 0 unspecified atom stereocenters. The van der Waals surface area contributed by atoms with Gasteiger partial charge in [-0.15, -0.1) is 0 Å². The van der Waals surface area contributed by atoms with Gasteiger partial charge in [0.2, 0.25) is 6.04 Å². The van der Waals surface area contributed by atoms with Gasteiger partial charge in [0.1, 0.15) is 11.4 Å². The quantitative estimate of drug-likeness (QED) is 0.593. The Labute approximate surface area is 153 Å². The van der Waals surface area contributed by atoms with Crippen LogP contribution in [-0.4, -0.2) is 46.4 Å². The Morgan fingerprint density at radius 3 is 2.58 bits per heavy atom. The van der Waals surface area contributed by atoms with Crippen molar-refractivity contribution in [3.05, 3.63) is 46.0 Å². The molecular weight excluding hydrogens is 336 g/mol. The van der Waals surface area contributed by atoms with Crippen molar-refractivity contribution in [1.82, 2.24) is 4.90 Å². The lowest BCUT2D eigenvalue weighted by atomic mass is 9.88. The number of nitrogens with zero attached hydrogens (tertiary/aromatic N) is 2. The molecule has 26 heavy (non-hydrogen) atoms. The average Bonchev–Trinajstić information content (AvgIpc) is 2.55. The number of carbonyl (C=O) groups excluding carboxylic acids is 2. The predicted molar refractivity (Wildman–Crippen MR) is 96.5 cm³/mol. The van der Waals surface area contributed by atoms with Crippen molar-refractivity contribution in [2.45, 2.75) is 51.7 Å². The van der Waals surface area contributed by atoms with Crippen LogP contribution in [0.5, 0.6) is 0 Å². The number of carbonyl (C=O) groups is 2. The van der Waals surface area contributed by atoms with Crippen LogP contribution in [0.2, 0.25) is 0 Å². The molecule has 1 fully saturated rings. The maximum Gasteiger partial charge on any atom is 0.410 e. The number of hydrogen-bond donors (Lipinski definition) is 0. The molecule has 0 radical (unpaired) electrons. The van der Waals surface area contributed by atoms with E-state index in [1.54, 1.807) is 20.8 Å². The number of amides is 1. The maximum absolute atomic E-state index is 12.3. The molecule has 0 aliphatic carbocycles. The minimum Gasteiger partial charge on any atom is -0.444 e. The van der Waals surface area contributed by atoms with Gasteiger partial charge in [0.15, 0.2) is 0 Å². The van der Waals surface area contributed by atoms with Crippen LogP contribution < -0.4 is 0 Å². The number of nitro groups is 1. The molecule has 7 heteroatoms. The number of hydrogen-bond acceptors (Lipinski definition) is 5. The second-order valence-corrected chi connectivity index (χ2v) is 7.70. The van der Waals surface area contributed by atoms with Crippen molar-refractivity contribution in [1.29, 1.82) is 0 Å². The summed E-state index contributed by atoms with van der Waals surface area (Å²) < 4.78 is 5.35. The van der Waals surface area contributed by atoms with E-state index in [1.807, 2.05) is 30.3 Å². The summed E-state index contributed by atoms with van der Waals surface area (Å²) in [6.45, 7) is 5.80.